The molecule has 110 valence electrons. The third-order valence-electron chi connectivity index (χ3n) is 4.20. The first-order valence-corrected chi connectivity index (χ1v) is 7.96. The van der Waals surface area contributed by atoms with Crippen LogP contribution in [0.15, 0.2) is 30.3 Å². The first-order valence-electron chi connectivity index (χ1n) is 6.81. The summed E-state index contributed by atoms with van der Waals surface area (Å²) < 4.78 is 0. The molecule has 20 heavy (non-hydrogen) atoms. The van der Waals surface area contributed by atoms with E-state index in [-0.39, 0.29) is 18.3 Å². The van der Waals surface area contributed by atoms with Gasteiger partial charge in [-0.1, -0.05) is 30.3 Å². The van der Waals surface area contributed by atoms with Crippen molar-refractivity contribution in [2.24, 2.45) is 17.8 Å². The molecule has 2 fully saturated rings. The molecular formula is C15H20ClNO2S. The highest BCUT2D eigenvalue weighted by Crippen LogP contribution is 2.38. The number of halogens is 1. The summed E-state index contributed by atoms with van der Waals surface area (Å²) in [6.45, 7) is 2.80. The molecule has 3 rings (SSSR count). The zero-order valence-electron chi connectivity index (χ0n) is 11.3. The van der Waals surface area contributed by atoms with Crippen molar-refractivity contribution < 1.29 is 9.90 Å². The summed E-state index contributed by atoms with van der Waals surface area (Å²) in [5.41, 5.74) is 1.32. The third-order valence-corrected chi connectivity index (χ3v) is 5.53. The lowest BCUT2D eigenvalue weighted by Gasteiger charge is -2.45. The maximum atomic E-state index is 11.4. The third kappa shape index (κ3) is 3.30. The Balaban J connectivity index is 0.00000147. The minimum absolute atomic E-state index is 0. The van der Waals surface area contributed by atoms with Gasteiger partial charge in [0.2, 0.25) is 0 Å². The standard InChI is InChI=1S/C15H19NO2S.ClH/c17-15(18)14-12-7-16(8-13(14)10-19-9-12)6-11-4-2-1-3-5-11;/h1-5,12-14H,6-10H2,(H,17,18);1H. The Kier molecular flexibility index (Phi) is 5.35. The van der Waals surface area contributed by atoms with Crippen molar-refractivity contribution in [2.45, 2.75) is 6.54 Å². The van der Waals surface area contributed by atoms with E-state index in [0.29, 0.717) is 11.8 Å². The summed E-state index contributed by atoms with van der Waals surface area (Å²) in [4.78, 5) is 13.8. The zero-order chi connectivity index (χ0) is 13.2. The molecule has 3 nitrogen and oxygen atoms in total. The first kappa shape index (κ1) is 15.7. The molecule has 2 heterocycles. The Morgan fingerprint density at radius 2 is 1.80 bits per heavy atom. The minimum Gasteiger partial charge on any atom is -0.481 e. The van der Waals surface area contributed by atoms with Crippen LogP contribution in [0.1, 0.15) is 5.56 Å². The van der Waals surface area contributed by atoms with E-state index in [0.717, 1.165) is 31.1 Å². The molecule has 0 aliphatic carbocycles. The molecule has 0 radical (unpaired) electrons. The van der Waals surface area contributed by atoms with Crippen LogP contribution in [-0.2, 0) is 11.3 Å². The lowest BCUT2D eigenvalue weighted by atomic mass is 9.79. The minimum atomic E-state index is -0.588. The average molecular weight is 314 g/mol. The number of piperidine rings is 1. The molecule has 5 heteroatoms. The maximum absolute atomic E-state index is 11.4. The summed E-state index contributed by atoms with van der Waals surface area (Å²) in [6.07, 6.45) is 0. The SMILES string of the molecule is Cl.O=C(O)C1C2CSCC1CN(Cc1ccccc1)C2. The van der Waals surface area contributed by atoms with Gasteiger partial charge in [0, 0.05) is 19.6 Å². The van der Waals surface area contributed by atoms with Crippen LogP contribution >= 0.6 is 24.2 Å². The maximum Gasteiger partial charge on any atom is 0.307 e. The number of fused-ring (bicyclic) bond motifs is 2. The first-order chi connectivity index (χ1) is 9.24. The van der Waals surface area contributed by atoms with E-state index in [2.05, 4.69) is 29.2 Å². The molecule has 2 aliphatic rings. The van der Waals surface area contributed by atoms with E-state index in [4.69, 9.17) is 0 Å². The summed E-state index contributed by atoms with van der Waals surface area (Å²) >= 11 is 1.93. The fraction of sp³-hybridized carbons (Fsp3) is 0.533. The van der Waals surface area contributed by atoms with Crippen LogP contribution in [-0.4, -0.2) is 40.6 Å². The van der Waals surface area contributed by atoms with Crippen molar-refractivity contribution in [3.63, 3.8) is 0 Å². The summed E-state index contributed by atoms with van der Waals surface area (Å²) in [5, 5.41) is 9.39. The van der Waals surface area contributed by atoms with Crippen LogP contribution in [0.2, 0.25) is 0 Å². The Morgan fingerprint density at radius 1 is 1.20 bits per heavy atom. The van der Waals surface area contributed by atoms with Gasteiger partial charge in [0.15, 0.2) is 0 Å². The van der Waals surface area contributed by atoms with Crippen molar-refractivity contribution in [1.82, 2.24) is 4.90 Å². The summed E-state index contributed by atoms with van der Waals surface area (Å²) in [6, 6.07) is 10.5. The number of carboxylic acid groups (broad SMARTS) is 1. The lowest BCUT2D eigenvalue weighted by Crippen LogP contribution is -2.52. The van der Waals surface area contributed by atoms with Crippen molar-refractivity contribution >= 4 is 30.1 Å². The molecule has 1 N–H and O–H groups in total. The Bertz CT molecular complexity index is 442. The highest BCUT2D eigenvalue weighted by molar-refractivity contribution is 7.99. The molecule has 2 bridgehead atoms. The Labute approximate surface area is 130 Å². The molecule has 2 saturated heterocycles. The van der Waals surface area contributed by atoms with E-state index in [9.17, 15) is 9.90 Å². The number of carbonyl (C=O) groups is 1. The van der Waals surface area contributed by atoms with Crippen LogP contribution in [0.4, 0.5) is 0 Å². The van der Waals surface area contributed by atoms with Gasteiger partial charge >= 0.3 is 5.97 Å². The highest BCUT2D eigenvalue weighted by Gasteiger charge is 2.43. The fourth-order valence-electron chi connectivity index (χ4n) is 3.41. The van der Waals surface area contributed by atoms with Gasteiger partial charge in [-0.25, -0.2) is 0 Å². The summed E-state index contributed by atoms with van der Waals surface area (Å²) in [7, 11) is 0. The quantitative estimate of drug-likeness (QED) is 0.931. The molecule has 2 aliphatic heterocycles. The van der Waals surface area contributed by atoms with Crippen molar-refractivity contribution in [3.05, 3.63) is 35.9 Å². The molecule has 0 saturated carbocycles. The van der Waals surface area contributed by atoms with Crippen LogP contribution in [0.25, 0.3) is 0 Å². The summed E-state index contributed by atoms with van der Waals surface area (Å²) in [5.74, 6) is 1.93. The van der Waals surface area contributed by atoms with E-state index in [1.165, 1.54) is 5.56 Å². The lowest BCUT2D eigenvalue weighted by molar-refractivity contribution is -0.148. The number of carboxylic acids is 1. The molecule has 0 spiro atoms. The number of hydrogen-bond donors (Lipinski definition) is 1. The second-order valence-electron chi connectivity index (χ2n) is 5.60. The van der Waals surface area contributed by atoms with Crippen LogP contribution in [0, 0.1) is 17.8 Å². The number of aliphatic carboxylic acids is 1. The van der Waals surface area contributed by atoms with Gasteiger partial charge in [-0.3, -0.25) is 9.69 Å². The van der Waals surface area contributed by atoms with Crippen molar-refractivity contribution in [1.29, 1.82) is 0 Å². The van der Waals surface area contributed by atoms with Gasteiger partial charge in [0.05, 0.1) is 5.92 Å². The average Bonchev–Trinajstić information content (AvgIpc) is 2.38. The number of likely N-dealkylation sites (tertiary alicyclic amines) is 1. The molecule has 2 atom stereocenters. The van der Waals surface area contributed by atoms with E-state index in [1.54, 1.807) is 0 Å². The van der Waals surface area contributed by atoms with Crippen molar-refractivity contribution in [2.75, 3.05) is 24.6 Å². The number of nitrogens with zero attached hydrogens (tertiary/aromatic N) is 1. The Morgan fingerprint density at radius 3 is 2.35 bits per heavy atom. The molecule has 0 amide bonds. The molecule has 2 unspecified atom stereocenters. The monoisotopic (exact) mass is 313 g/mol. The largest absolute Gasteiger partial charge is 0.481 e. The van der Waals surface area contributed by atoms with E-state index in [1.807, 2.05) is 17.8 Å². The van der Waals surface area contributed by atoms with Crippen LogP contribution in [0.3, 0.4) is 0 Å². The van der Waals surface area contributed by atoms with Crippen molar-refractivity contribution in [3.8, 4) is 0 Å². The molecule has 1 aromatic rings. The second kappa shape index (κ2) is 6.83. The smallest absolute Gasteiger partial charge is 0.307 e. The van der Waals surface area contributed by atoms with Crippen LogP contribution in [0.5, 0.6) is 0 Å². The van der Waals surface area contributed by atoms with Gasteiger partial charge in [-0.15, -0.1) is 12.4 Å². The highest BCUT2D eigenvalue weighted by atomic mass is 35.5. The number of rotatable bonds is 3. The fourth-order valence-corrected chi connectivity index (χ4v) is 4.77. The zero-order valence-corrected chi connectivity index (χ0v) is 12.9. The normalized spacial score (nSPS) is 29.5. The van der Waals surface area contributed by atoms with Gasteiger partial charge in [0.1, 0.15) is 0 Å². The molecule has 1 aromatic carbocycles. The van der Waals surface area contributed by atoms with Gasteiger partial charge in [-0.2, -0.15) is 11.8 Å². The number of thioether (sulfide) groups is 1. The molecule has 0 aromatic heterocycles. The van der Waals surface area contributed by atoms with Gasteiger partial charge in [-0.05, 0) is 28.9 Å². The van der Waals surface area contributed by atoms with E-state index >= 15 is 0 Å². The predicted molar refractivity (Wildman–Crippen MR) is 84.4 cm³/mol. The van der Waals surface area contributed by atoms with E-state index < -0.39 is 5.97 Å². The van der Waals surface area contributed by atoms with Gasteiger partial charge < -0.3 is 5.11 Å². The molecular weight excluding hydrogens is 294 g/mol. The Hall–Kier alpha value is -0.710. The number of hydrogen-bond acceptors (Lipinski definition) is 3. The van der Waals surface area contributed by atoms with Crippen LogP contribution < -0.4 is 0 Å². The van der Waals surface area contributed by atoms with Gasteiger partial charge in [0.25, 0.3) is 0 Å². The predicted octanol–water partition coefficient (Wildman–Crippen LogP) is 2.60. The topological polar surface area (TPSA) is 40.5 Å². The second-order valence-corrected chi connectivity index (χ2v) is 6.68. The number of benzene rings is 1.